The number of carbonyl (C=O) groups is 1. The number of esters is 1. The number of aliphatic hydroxyl groups is 1. The molecule has 0 radical (unpaired) electrons. The van der Waals surface area contributed by atoms with Crippen molar-refractivity contribution in [2.75, 3.05) is 13.2 Å². The molecule has 3 heteroatoms. The summed E-state index contributed by atoms with van der Waals surface area (Å²) < 4.78 is 5.25. The van der Waals surface area contributed by atoms with E-state index in [1.165, 1.54) is 5.57 Å². The SMILES string of the molecule is CC(C)[C@H]1CC[C@]2(C)C3=C(C(=O)OC3)[C@H]1[C@@H]2CO. The van der Waals surface area contributed by atoms with Crippen LogP contribution in [0.25, 0.3) is 0 Å². The summed E-state index contributed by atoms with van der Waals surface area (Å²) in [4.78, 5) is 12.0. The third-order valence-electron chi connectivity index (χ3n) is 5.68. The first kappa shape index (κ1) is 12.2. The van der Waals surface area contributed by atoms with Gasteiger partial charge < -0.3 is 9.84 Å². The molecule has 1 heterocycles. The second kappa shape index (κ2) is 3.83. The van der Waals surface area contributed by atoms with E-state index in [-0.39, 0.29) is 29.8 Å². The smallest absolute Gasteiger partial charge is 0.334 e. The molecule has 0 aromatic carbocycles. The van der Waals surface area contributed by atoms with Gasteiger partial charge in [-0.3, -0.25) is 0 Å². The minimum absolute atomic E-state index is 0.00764. The van der Waals surface area contributed by atoms with E-state index in [1.807, 2.05) is 0 Å². The Bertz CT molecular complexity index is 423. The predicted molar refractivity (Wildman–Crippen MR) is 67.7 cm³/mol. The van der Waals surface area contributed by atoms with Crippen LogP contribution >= 0.6 is 0 Å². The third-order valence-corrected chi connectivity index (χ3v) is 5.68. The summed E-state index contributed by atoms with van der Waals surface area (Å²) in [5, 5.41) is 9.80. The van der Waals surface area contributed by atoms with Crippen LogP contribution in [0.3, 0.4) is 0 Å². The molecule has 1 fully saturated rings. The highest BCUT2D eigenvalue weighted by atomic mass is 16.5. The van der Waals surface area contributed by atoms with Gasteiger partial charge in [-0.2, -0.15) is 0 Å². The zero-order chi connectivity index (χ0) is 13.1. The van der Waals surface area contributed by atoms with E-state index in [2.05, 4.69) is 20.8 Å². The second-order valence-electron chi connectivity index (χ2n) is 6.65. The van der Waals surface area contributed by atoms with Crippen LogP contribution in [0.2, 0.25) is 0 Å². The van der Waals surface area contributed by atoms with Gasteiger partial charge in [0.2, 0.25) is 0 Å². The van der Waals surface area contributed by atoms with Crippen LogP contribution in [-0.4, -0.2) is 24.3 Å². The monoisotopic (exact) mass is 250 g/mol. The Kier molecular flexibility index (Phi) is 2.60. The number of rotatable bonds is 2. The van der Waals surface area contributed by atoms with Crippen LogP contribution in [0.4, 0.5) is 0 Å². The Hall–Kier alpha value is -0.830. The number of carbonyl (C=O) groups excluding carboxylic acids is 1. The van der Waals surface area contributed by atoms with E-state index in [1.54, 1.807) is 0 Å². The van der Waals surface area contributed by atoms with Gasteiger partial charge in [0.25, 0.3) is 0 Å². The van der Waals surface area contributed by atoms with Crippen molar-refractivity contribution >= 4 is 5.97 Å². The summed E-state index contributed by atoms with van der Waals surface area (Å²) in [6, 6.07) is 0. The van der Waals surface area contributed by atoms with E-state index in [9.17, 15) is 9.90 Å². The van der Waals surface area contributed by atoms with Crippen molar-refractivity contribution in [3.8, 4) is 0 Å². The lowest BCUT2D eigenvalue weighted by atomic mass is 9.59. The fraction of sp³-hybridized carbons (Fsp3) is 0.800. The Morgan fingerprint density at radius 2 is 2.22 bits per heavy atom. The fourth-order valence-electron chi connectivity index (χ4n) is 4.61. The molecule has 3 nitrogen and oxygen atoms in total. The normalized spacial score (nSPS) is 42.5. The standard InChI is InChI=1S/C15H22O3/c1-8(2)9-4-5-15(3)10(6-16)12(9)13-11(15)7-18-14(13)17/h8-10,12,16H,4-7H2,1-3H3/t9-,10+,12-,15+/m1/s1. The molecule has 0 unspecified atom stereocenters. The summed E-state index contributed by atoms with van der Waals surface area (Å²) in [5.74, 6) is 1.38. The lowest BCUT2D eigenvalue weighted by Crippen LogP contribution is -2.42. The van der Waals surface area contributed by atoms with Gasteiger partial charge in [0.1, 0.15) is 6.61 Å². The van der Waals surface area contributed by atoms with Gasteiger partial charge in [-0.15, -0.1) is 0 Å². The van der Waals surface area contributed by atoms with Crippen LogP contribution in [0.15, 0.2) is 11.1 Å². The molecule has 2 bridgehead atoms. The van der Waals surface area contributed by atoms with E-state index in [4.69, 9.17) is 4.74 Å². The van der Waals surface area contributed by atoms with Crippen LogP contribution in [0.1, 0.15) is 33.6 Å². The van der Waals surface area contributed by atoms with Gasteiger partial charge in [0, 0.05) is 18.1 Å². The van der Waals surface area contributed by atoms with Gasteiger partial charge in [-0.1, -0.05) is 20.8 Å². The molecular weight excluding hydrogens is 228 g/mol. The zero-order valence-electron chi connectivity index (χ0n) is 11.4. The van der Waals surface area contributed by atoms with Crippen molar-refractivity contribution in [1.29, 1.82) is 0 Å². The largest absolute Gasteiger partial charge is 0.458 e. The quantitative estimate of drug-likeness (QED) is 0.764. The lowest BCUT2D eigenvalue weighted by molar-refractivity contribution is -0.138. The van der Waals surface area contributed by atoms with Crippen LogP contribution in [0, 0.1) is 29.1 Å². The number of fused-ring (bicyclic) bond motifs is 4. The average molecular weight is 250 g/mol. The highest BCUT2D eigenvalue weighted by Gasteiger charge is 2.59. The Balaban J connectivity index is 2.09. The summed E-state index contributed by atoms with van der Waals surface area (Å²) in [6.07, 6.45) is 2.24. The number of cyclic esters (lactones) is 1. The first-order chi connectivity index (χ1) is 8.50. The maximum atomic E-state index is 12.0. The van der Waals surface area contributed by atoms with Crippen LogP contribution in [-0.2, 0) is 9.53 Å². The van der Waals surface area contributed by atoms with Crippen LogP contribution in [0.5, 0.6) is 0 Å². The van der Waals surface area contributed by atoms with Crippen molar-refractivity contribution in [3.63, 3.8) is 0 Å². The number of hydrogen-bond donors (Lipinski definition) is 1. The molecule has 1 N–H and O–H groups in total. The molecule has 3 rings (SSSR count). The molecule has 0 aromatic rings. The number of aliphatic hydroxyl groups excluding tert-OH is 1. The molecule has 18 heavy (non-hydrogen) atoms. The third kappa shape index (κ3) is 1.31. The molecule has 3 aliphatic rings. The maximum Gasteiger partial charge on any atom is 0.334 e. The molecule has 100 valence electrons. The van der Waals surface area contributed by atoms with Crippen molar-refractivity contribution in [3.05, 3.63) is 11.1 Å². The summed E-state index contributed by atoms with van der Waals surface area (Å²) >= 11 is 0. The van der Waals surface area contributed by atoms with Crippen molar-refractivity contribution < 1.29 is 14.6 Å². The van der Waals surface area contributed by atoms with E-state index in [0.717, 1.165) is 18.4 Å². The molecule has 0 amide bonds. The topological polar surface area (TPSA) is 46.5 Å². The molecule has 4 atom stereocenters. The highest BCUT2D eigenvalue weighted by molar-refractivity contribution is 5.94. The molecular formula is C15H22O3. The first-order valence-electron chi connectivity index (χ1n) is 7.02. The average Bonchev–Trinajstić information content (AvgIpc) is 2.76. The number of hydrogen-bond acceptors (Lipinski definition) is 3. The Morgan fingerprint density at radius 1 is 1.50 bits per heavy atom. The Labute approximate surface area is 108 Å². The van der Waals surface area contributed by atoms with Crippen molar-refractivity contribution in [2.24, 2.45) is 29.1 Å². The maximum absolute atomic E-state index is 12.0. The van der Waals surface area contributed by atoms with E-state index in [0.29, 0.717) is 18.4 Å². The lowest BCUT2D eigenvalue weighted by Gasteiger charge is -2.45. The second-order valence-corrected chi connectivity index (χ2v) is 6.65. The van der Waals surface area contributed by atoms with E-state index >= 15 is 0 Å². The minimum Gasteiger partial charge on any atom is -0.458 e. The van der Waals surface area contributed by atoms with Crippen molar-refractivity contribution in [2.45, 2.75) is 33.6 Å². The fourth-order valence-corrected chi connectivity index (χ4v) is 4.61. The van der Waals surface area contributed by atoms with Gasteiger partial charge in [-0.25, -0.2) is 4.79 Å². The first-order valence-corrected chi connectivity index (χ1v) is 7.02. The zero-order valence-corrected chi connectivity index (χ0v) is 11.4. The minimum atomic E-state index is -0.121. The van der Waals surface area contributed by atoms with Gasteiger partial charge >= 0.3 is 5.97 Å². The van der Waals surface area contributed by atoms with Gasteiger partial charge in [-0.05, 0) is 41.6 Å². The molecule has 0 saturated heterocycles. The predicted octanol–water partition coefficient (Wildman–Crippen LogP) is 2.15. The molecule has 2 aliphatic carbocycles. The molecule has 1 aliphatic heterocycles. The molecule has 0 spiro atoms. The van der Waals surface area contributed by atoms with Crippen molar-refractivity contribution in [1.82, 2.24) is 0 Å². The summed E-state index contributed by atoms with van der Waals surface area (Å²) in [7, 11) is 0. The summed E-state index contributed by atoms with van der Waals surface area (Å²) in [6.45, 7) is 7.30. The number of ether oxygens (including phenoxy) is 1. The van der Waals surface area contributed by atoms with E-state index < -0.39 is 0 Å². The summed E-state index contributed by atoms with van der Waals surface area (Å²) in [5.41, 5.74) is 2.11. The molecule has 1 saturated carbocycles. The van der Waals surface area contributed by atoms with Gasteiger partial charge in [0.05, 0.1) is 0 Å². The highest BCUT2D eigenvalue weighted by Crippen LogP contribution is 2.62. The molecule has 0 aromatic heterocycles. The van der Waals surface area contributed by atoms with Crippen LogP contribution < -0.4 is 0 Å². The van der Waals surface area contributed by atoms with Gasteiger partial charge in [0.15, 0.2) is 0 Å². The Morgan fingerprint density at radius 3 is 2.83 bits per heavy atom.